The van der Waals surface area contributed by atoms with Gasteiger partial charge in [0.15, 0.2) is 23.0 Å². The van der Waals surface area contributed by atoms with Crippen LogP contribution in [0.3, 0.4) is 0 Å². The molecule has 1 aliphatic heterocycles. The molecule has 32 heavy (non-hydrogen) atoms. The molecule has 0 atom stereocenters. The summed E-state index contributed by atoms with van der Waals surface area (Å²) < 4.78 is 21.8. The van der Waals surface area contributed by atoms with Crippen molar-refractivity contribution >= 4 is 28.4 Å². The van der Waals surface area contributed by atoms with Gasteiger partial charge in [0.2, 0.25) is 12.7 Å². The number of nitrogens with zero attached hydrogens (tertiary/aromatic N) is 2. The fourth-order valence-corrected chi connectivity index (χ4v) is 3.52. The zero-order chi connectivity index (χ0) is 21.9. The number of aromatic nitrogens is 2. The third-order valence-corrected chi connectivity index (χ3v) is 5.13. The lowest BCUT2D eigenvalue weighted by molar-refractivity contribution is 0.174. The van der Waals surface area contributed by atoms with E-state index in [0.29, 0.717) is 29.8 Å². The monoisotopic (exact) mass is 430 g/mol. The zero-order valence-electron chi connectivity index (χ0n) is 17.7. The molecular weight excluding hydrogens is 408 g/mol. The second kappa shape index (κ2) is 8.50. The molecule has 0 spiro atoms. The Labute approximate surface area is 185 Å². The van der Waals surface area contributed by atoms with Crippen molar-refractivity contribution in [3.05, 3.63) is 66.2 Å². The summed E-state index contributed by atoms with van der Waals surface area (Å²) in [5, 5.41) is 7.51. The molecule has 0 unspecified atom stereocenters. The minimum absolute atomic E-state index is 0.250. The van der Waals surface area contributed by atoms with Crippen LogP contribution in [-0.4, -0.2) is 31.0 Å². The van der Waals surface area contributed by atoms with E-state index < -0.39 is 0 Å². The highest BCUT2D eigenvalue weighted by atomic mass is 16.7. The Balaban J connectivity index is 1.50. The van der Waals surface area contributed by atoms with Crippen molar-refractivity contribution in [2.24, 2.45) is 0 Å². The third kappa shape index (κ3) is 3.90. The summed E-state index contributed by atoms with van der Waals surface area (Å²) in [5.74, 6) is 3.86. The molecule has 0 amide bonds. The first-order chi connectivity index (χ1) is 15.7. The molecule has 2 N–H and O–H groups in total. The molecule has 0 aliphatic carbocycles. The highest BCUT2D eigenvalue weighted by Gasteiger charge is 2.15. The van der Waals surface area contributed by atoms with Crippen LogP contribution in [0.25, 0.3) is 10.9 Å². The van der Waals surface area contributed by atoms with Crippen molar-refractivity contribution in [1.29, 1.82) is 0 Å². The Bertz CT molecular complexity index is 1260. The Morgan fingerprint density at radius 2 is 1.66 bits per heavy atom. The first-order valence-corrected chi connectivity index (χ1v) is 10.1. The normalized spacial score (nSPS) is 11.9. The Morgan fingerprint density at radius 3 is 2.47 bits per heavy atom. The summed E-state index contributed by atoms with van der Waals surface area (Å²) >= 11 is 0. The molecule has 4 aromatic rings. The van der Waals surface area contributed by atoms with E-state index >= 15 is 0 Å². The summed E-state index contributed by atoms with van der Waals surface area (Å²) in [7, 11) is 3.21. The SMILES string of the molecule is COc1cc2nc(NCc3ccc4c(c3)OCO4)nc(Nc3ccccc3)c2cc1OC. The van der Waals surface area contributed by atoms with Gasteiger partial charge in [0.05, 0.1) is 19.7 Å². The summed E-state index contributed by atoms with van der Waals surface area (Å²) in [6.07, 6.45) is 0. The predicted molar refractivity (Wildman–Crippen MR) is 122 cm³/mol. The molecule has 2 heterocycles. The van der Waals surface area contributed by atoms with Gasteiger partial charge in [-0.3, -0.25) is 0 Å². The van der Waals surface area contributed by atoms with Gasteiger partial charge in [0.1, 0.15) is 5.82 Å². The summed E-state index contributed by atoms with van der Waals surface area (Å²) in [4.78, 5) is 9.42. The van der Waals surface area contributed by atoms with E-state index in [-0.39, 0.29) is 6.79 Å². The maximum Gasteiger partial charge on any atom is 0.231 e. The number of methoxy groups -OCH3 is 2. The molecule has 0 bridgehead atoms. The van der Waals surface area contributed by atoms with E-state index in [1.54, 1.807) is 14.2 Å². The lowest BCUT2D eigenvalue weighted by Gasteiger charge is -2.14. The number of hydrogen-bond acceptors (Lipinski definition) is 8. The lowest BCUT2D eigenvalue weighted by Crippen LogP contribution is -2.06. The van der Waals surface area contributed by atoms with Crippen LogP contribution in [0.5, 0.6) is 23.0 Å². The average Bonchev–Trinajstić information content (AvgIpc) is 3.30. The number of benzene rings is 3. The third-order valence-electron chi connectivity index (χ3n) is 5.13. The minimum atomic E-state index is 0.250. The van der Waals surface area contributed by atoms with Crippen molar-refractivity contribution < 1.29 is 18.9 Å². The molecule has 8 nitrogen and oxygen atoms in total. The van der Waals surface area contributed by atoms with Gasteiger partial charge in [-0.15, -0.1) is 0 Å². The standard InChI is InChI=1S/C24H22N4O4/c1-29-20-11-17-18(12-21(20)30-2)27-24(28-23(17)26-16-6-4-3-5-7-16)25-13-15-8-9-19-22(10-15)32-14-31-19/h3-12H,13-14H2,1-2H3,(H2,25,26,27,28). The second-order valence-electron chi connectivity index (χ2n) is 7.15. The molecular formula is C24H22N4O4. The molecule has 5 rings (SSSR count). The lowest BCUT2D eigenvalue weighted by atomic mass is 10.2. The van der Waals surface area contributed by atoms with Gasteiger partial charge in [-0.1, -0.05) is 24.3 Å². The van der Waals surface area contributed by atoms with Crippen LogP contribution in [0.15, 0.2) is 60.7 Å². The maximum absolute atomic E-state index is 5.48. The number of nitrogens with one attached hydrogen (secondary N) is 2. The zero-order valence-corrected chi connectivity index (χ0v) is 17.7. The fraction of sp³-hybridized carbons (Fsp3) is 0.167. The fourth-order valence-electron chi connectivity index (χ4n) is 3.52. The van der Waals surface area contributed by atoms with Crippen molar-refractivity contribution in [3.63, 3.8) is 0 Å². The van der Waals surface area contributed by atoms with Gasteiger partial charge in [0.25, 0.3) is 0 Å². The van der Waals surface area contributed by atoms with Crippen LogP contribution in [0, 0.1) is 0 Å². The molecule has 162 valence electrons. The van der Waals surface area contributed by atoms with E-state index in [4.69, 9.17) is 28.9 Å². The van der Waals surface area contributed by atoms with E-state index in [9.17, 15) is 0 Å². The van der Waals surface area contributed by atoms with E-state index in [1.807, 2.05) is 60.7 Å². The number of rotatable bonds is 7. The Kier molecular flexibility index (Phi) is 5.25. The molecule has 0 fully saturated rings. The van der Waals surface area contributed by atoms with Crippen molar-refractivity contribution in [1.82, 2.24) is 9.97 Å². The first-order valence-electron chi connectivity index (χ1n) is 10.1. The number of ether oxygens (including phenoxy) is 4. The van der Waals surface area contributed by atoms with Gasteiger partial charge < -0.3 is 29.6 Å². The number of fused-ring (bicyclic) bond motifs is 2. The number of anilines is 3. The quantitative estimate of drug-likeness (QED) is 0.435. The smallest absolute Gasteiger partial charge is 0.231 e. The summed E-state index contributed by atoms with van der Waals surface area (Å²) in [5.41, 5.74) is 2.68. The first kappa shape index (κ1) is 19.7. The second-order valence-corrected chi connectivity index (χ2v) is 7.15. The highest BCUT2D eigenvalue weighted by molar-refractivity contribution is 5.94. The maximum atomic E-state index is 5.48. The average molecular weight is 430 g/mol. The number of para-hydroxylation sites is 1. The topological polar surface area (TPSA) is 86.8 Å². The van der Waals surface area contributed by atoms with Crippen LogP contribution >= 0.6 is 0 Å². The molecule has 1 aromatic heterocycles. The minimum Gasteiger partial charge on any atom is -0.493 e. The molecule has 1 aliphatic rings. The van der Waals surface area contributed by atoms with Crippen LogP contribution in [0.4, 0.5) is 17.5 Å². The van der Waals surface area contributed by atoms with Crippen LogP contribution < -0.4 is 29.6 Å². The Morgan fingerprint density at radius 1 is 0.875 bits per heavy atom. The molecule has 3 aromatic carbocycles. The van der Waals surface area contributed by atoms with Gasteiger partial charge >= 0.3 is 0 Å². The molecule has 0 saturated heterocycles. The van der Waals surface area contributed by atoms with E-state index in [2.05, 4.69) is 10.6 Å². The van der Waals surface area contributed by atoms with Crippen molar-refractivity contribution in [2.45, 2.75) is 6.54 Å². The van der Waals surface area contributed by atoms with Gasteiger partial charge in [0, 0.05) is 23.7 Å². The summed E-state index contributed by atoms with van der Waals surface area (Å²) in [6, 6.07) is 19.4. The largest absolute Gasteiger partial charge is 0.493 e. The van der Waals surface area contributed by atoms with E-state index in [0.717, 1.165) is 33.7 Å². The van der Waals surface area contributed by atoms with Crippen LogP contribution in [-0.2, 0) is 6.54 Å². The van der Waals surface area contributed by atoms with Gasteiger partial charge in [-0.25, -0.2) is 4.98 Å². The molecule has 8 heteroatoms. The highest BCUT2D eigenvalue weighted by Crippen LogP contribution is 2.36. The van der Waals surface area contributed by atoms with Gasteiger partial charge in [-0.05, 0) is 35.9 Å². The van der Waals surface area contributed by atoms with Crippen LogP contribution in [0.1, 0.15) is 5.56 Å². The van der Waals surface area contributed by atoms with Gasteiger partial charge in [-0.2, -0.15) is 4.98 Å². The molecule has 0 radical (unpaired) electrons. The number of hydrogen-bond donors (Lipinski definition) is 2. The van der Waals surface area contributed by atoms with Crippen molar-refractivity contribution in [2.75, 3.05) is 31.6 Å². The molecule has 0 saturated carbocycles. The Hall–Kier alpha value is -4.20. The summed E-state index contributed by atoms with van der Waals surface area (Å²) in [6.45, 7) is 0.778. The van der Waals surface area contributed by atoms with E-state index in [1.165, 1.54) is 0 Å². The predicted octanol–water partition coefficient (Wildman–Crippen LogP) is 4.73. The van der Waals surface area contributed by atoms with Crippen molar-refractivity contribution in [3.8, 4) is 23.0 Å². The van der Waals surface area contributed by atoms with Crippen LogP contribution in [0.2, 0.25) is 0 Å².